The van der Waals surface area contributed by atoms with Crippen LogP contribution in [0.15, 0.2) is 11.8 Å². The summed E-state index contributed by atoms with van der Waals surface area (Å²) in [7, 11) is 0. The van der Waals surface area contributed by atoms with Crippen LogP contribution >= 0.6 is 0 Å². The van der Waals surface area contributed by atoms with Crippen molar-refractivity contribution >= 4 is 12.3 Å². The molecule has 2 aliphatic rings. The van der Waals surface area contributed by atoms with Crippen molar-refractivity contribution in [3.05, 3.63) is 11.8 Å². The molecule has 0 aromatic rings. The van der Waals surface area contributed by atoms with E-state index >= 15 is 0 Å². The zero-order valence-electron chi connectivity index (χ0n) is 11.9. The van der Waals surface area contributed by atoms with Crippen LogP contribution in [0.5, 0.6) is 0 Å². The van der Waals surface area contributed by atoms with E-state index in [1.807, 2.05) is 13.0 Å². The van der Waals surface area contributed by atoms with E-state index in [0.717, 1.165) is 5.70 Å². The largest absolute Gasteiger partial charge is 0.481 e. The van der Waals surface area contributed by atoms with Gasteiger partial charge in [0.25, 0.3) is 0 Å². The minimum Gasteiger partial charge on any atom is -0.481 e. The molecule has 5 heteroatoms. The van der Waals surface area contributed by atoms with E-state index < -0.39 is 12.0 Å². The Bertz CT molecular complexity index is 388. The van der Waals surface area contributed by atoms with Crippen molar-refractivity contribution in [3.8, 4) is 0 Å². The van der Waals surface area contributed by atoms with E-state index in [1.165, 1.54) is 25.7 Å². The van der Waals surface area contributed by atoms with Crippen LogP contribution in [0.1, 0.15) is 39.0 Å². The van der Waals surface area contributed by atoms with E-state index in [2.05, 4.69) is 5.32 Å². The third-order valence-corrected chi connectivity index (χ3v) is 4.36. The number of nitrogens with two attached hydrogens (primary N) is 1. The third-order valence-electron chi connectivity index (χ3n) is 4.36. The van der Waals surface area contributed by atoms with Crippen molar-refractivity contribution in [1.29, 1.82) is 0 Å². The topological polar surface area (TPSA) is 92.4 Å². The first-order valence-corrected chi connectivity index (χ1v) is 7.41. The second-order valence-corrected chi connectivity index (χ2v) is 6.03. The van der Waals surface area contributed by atoms with E-state index in [-0.39, 0.29) is 12.5 Å². The van der Waals surface area contributed by atoms with Crippen molar-refractivity contribution in [2.24, 2.45) is 23.5 Å². The molecule has 0 aromatic carbocycles. The average molecular weight is 280 g/mol. The molecule has 20 heavy (non-hydrogen) atoms. The molecule has 2 fully saturated rings. The van der Waals surface area contributed by atoms with E-state index in [4.69, 9.17) is 10.8 Å². The van der Waals surface area contributed by atoms with Gasteiger partial charge in [0.2, 0.25) is 0 Å². The molecule has 2 aliphatic carbocycles. The van der Waals surface area contributed by atoms with Crippen LogP contribution in [-0.4, -0.2) is 29.4 Å². The van der Waals surface area contributed by atoms with Gasteiger partial charge in [0.1, 0.15) is 6.29 Å². The third kappa shape index (κ3) is 3.82. The molecule has 0 aliphatic heterocycles. The molecule has 0 spiro atoms. The van der Waals surface area contributed by atoms with E-state index in [1.54, 1.807) is 0 Å². The normalized spacial score (nSPS) is 22.6. The smallest absolute Gasteiger partial charge is 0.305 e. The van der Waals surface area contributed by atoms with Gasteiger partial charge in [0.05, 0.1) is 18.5 Å². The Hall–Kier alpha value is -1.36. The van der Waals surface area contributed by atoms with Crippen molar-refractivity contribution in [2.45, 2.75) is 51.1 Å². The summed E-state index contributed by atoms with van der Waals surface area (Å²) in [6, 6.07) is -0.745. The summed E-state index contributed by atoms with van der Waals surface area (Å²) < 4.78 is 0. The van der Waals surface area contributed by atoms with Crippen LogP contribution in [0.4, 0.5) is 0 Å². The highest BCUT2D eigenvalue weighted by Crippen LogP contribution is 2.51. The van der Waals surface area contributed by atoms with Gasteiger partial charge in [-0.3, -0.25) is 10.1 Å². The number of aldehydes is 1. The van der Waals surface area contributed by atoms with Gasteiger partial charge in [-0.25, -0.2) is 0 Å². The highest BCUT2D eigenvalue weighted by molar-refractivity contribution is 5.73. The summed E-state index contributed by atoms with van der Waals surface area (Å²) in [4.78, 5) is 21.9. The van der Waals surface area contributed by atoms with Crippen LogP contribution in [-0.2, 0) is 9.59 Å². The Morgan fingerprint density at radius 1 is 1.35 bits per heavy atom. The lowest BCUT2D eigenvalue weighted by Gasteiger charge is -2.31. The number of hydrogen-bond acceptors (Lipinski definition) is 4. The Morgan fingerprint density at radius 3 is 2.25 bits per heavy atom. The maximum absolute atomic E-state index is 11.1. The van der Waals surface area contributed by atoms with Crippen molar-refractivity contribution in [1.82, 2.24) is 5.32 Å². The van der Waals surface area contributed by atoms with Crippen molar-refractivity contribution < 1.29 is 14.7 Å². The Kier molecular flexibility index (Phi) is 4.81. The lowest BCUT2D eigenvalue weighted by atomic mass is 9.86. The highest BCUT2D eigenvalue weighted by Gasteiger charge is 2.46. The van der Waals surface area contributed by atoms with Crippen LogP contribution in [0.3, 0.4) is 0 Å². The second-order valence-electron chi connectivity index (χ2n) is 6.03. The zero-order valence-corrected chi connectivity index (χ0v) is 11.9. The van der Waals surface area contributed by atoms with Crippen LogP contribution in [0, 0.1) is 17.8 Å². The predicted molar refractivity (Wildman–Crippen MR) is 75.9 cm³/mol. The number of carboxylic acids is 1. The second kappa shape index (κ2) is 6.39. The fraction of sp³-hybridized carbons (Fsp3) is 0.733. The summed E-state index contributed by atoms with van der Waals surface area (Å²) in [5.41, 5.74) is 6.85. The molecule has 0 amide bonds. The molecule has 2 atom stereocenters. The minimum atomic E-state index is -0.971. The van der Waals surface area contributed by atoms with Gasteiger partial charge in [-0.15, -0.1) is 0 Å². The molecule has 112 valence electrons. The van der Waals surface area contributed by atoms with Crippen molar-refractivity contribution in [2.75, 3.05) is 0 Å². The van der Waals surface area contributed by atoms with Gasteiger partial charge < -0.3 is 15.6 Å². The minimum absolute atomic E-state index is 0.0745. The molecular formula is C15H24N2O3. The molecule has 0 radical (unpaired) electrons. The summed E-state index contributed by atoms with van der Waals surface area (Å²) >= 11 is 0. The lowest BCUT2D eigenvalue weighted by molar-refractivity contribution is -0.138. The molecule has 0 saturated heterocycles. The van der Waals surface area contributed by atoms with Gasteiger partial charge in [-0.05, 0) is 50.4 Å². The number of aliphatic carboxylic acids is 1. The molecular weight excluding hydrogens is 256 g/mol. The van der Waals surface area contributed by atoms with Gasteiger partial charge in [0, 0.05) is 5.70 Å². The molecule has 4 N–H and O–H groups in total. The summed E-state index contributed by atoms with van der Waals surface area (Å²) in [6.07, 6.45) is 7.24. The Labute approximate surface area is 119 Å². The summed E-state index contributed by atoms with van der Waals surface area (Å²) in [6.45, 7) is 1.88. The predicted octanol–water partition coefficient (Wildman–Crippen LogP) is 1.29. The number of hydrogen-bond donors (Lipinski definition) is 3. The summed E-state index contributed by atoms with van der Waals surface area (Å²) in [5, 5.41) is 12.0. The standard InChI is InChI=1S/C15H24N2O3/c1-2-12(16)15(17-11(8-18)7-13(19)20)14(9-3-4-9)10-5-6-10/h2,8-11,14-15,17H,3-7,16H2,1H3,(H,19,20)/t11-,15?/m0/s1. The number of nitrogens with one attached hydrogen (secondary N) is 1. The van der Waals surface area contributed by atoms with E-state index in [9.17, 15) is 9.59 Å². The fourth-order valence-electron chi connectivity index (χ4n) is 3.07. The molecule has 0 bridgehead atoms. The first-order valence-electron chi connectivity index (χ1n) is 7.41. The van der Waals surface area contributed by atoms with Gasteiger partial charge >= 0.3 is 5.97 Å². The number of carbonyl (C=O) groups excluding carboxylic acids is 1. The molecule has 0 heterocycles. The SMILES string of the molecule is CC=C(N)C(N[C@H](C=O)CC(=O)O)C(C1CC1)C1CC1. The van der Waals surface area contributed by atoms with Gasteiger partial charge in [0.15, 0.2) is 0 Å². The average Bonchev–Trinajstić information content (AvgIpc) is 3.27. The fourth-order valence-corrected chi connectivity index (χ4v) is 3.07. The first kappa shape index (κ1) is 15.0. The number of allylic oxidation sites excluding steroid dienone is 1. The van der Waals surface area contributed by atoms with Crippen molar-refractivity contribution in [3.63, 3.8) is 0 Å². The molecule has 2 saturated carbocycles. The Morgan fingerprint density at radius 2 is 1.90 bits per heavy atom. The molecule has 5 nitrogen and oxygen atoms in total. The quantitative estimate of drug-likeness (QED) is 0.553. The molecule has 2 rings (SSSR count). The van der Waals surface area contributed by atoms with Crippen LogP contribution in [0.2, 0.25) is 0 Å². The molecule has 0 aromatic heterocycles. The van der Waals surface area contributed by atoms with Crippen LogP contribution in [0.25, 0.3) is 0 Å². The maximum Gasteiger partial charge on any atom is 0.305 e. The van der Waals surface area contributed by atoms with Gasteiger partial charge in [-0.2, -0.15) is 0 Å². The Balaban J connectivity index is 2.09. The molecule has 1 unspecified atom stereocenters. The van der Waals surface area contributed by atoms with Gasteiger partial charge in [-0.1, -0.05) is 6.08 Å². The lowest BCUT2D eigenvalue weighted by Crippen LogP contribution is -2.48. The number of carboxylic acid groups (broad SMARTS) is 1. The first-order chi connectivity index (χ1) is 9.56. The maximum atomic E-state index is 11.1. The summed E-state index contributed by atoms with van der Waals surface area (Å²) in [5.74, 6) is 0.829. The van der Waals surface area contributed by atoms with Crippen LogP contribution < -0.4 is 11.1 Å². The number of rotatable bonds is 9. The highest BCUT2D eigenvalue weighted by atomic mass is 16.4. The van der Waals surface area contributed by atoms with E-state index in [0.29, 0.717) is 24.0 Å². The number of carbonyl (C=O) groups is 2. The monoisotopic (exact) mass is 280 g/mol. The zero-order chi connectivity index (χ0) is 14.7.